The van der Waals surface area contributed by atoms with Crippen molar-refractivity contribution in [3.63, 3.8) is 0 Å². The molecular formula is C19H26NO3P. The number of anilines is 1. The van der Waals surface area contributed by atoms with Gasteiger partial charge in [0, 0.05) is 32.2 Å². The Morgan fingerprint density at radius 3 is 1.88 bits per heavy atom. The van der Waals surface area contributed by atoms with Crippen LogP contribution in [-0.4, -0.2) is 26.3 Å². The molecule has 2 atom stereocenters. The Kier molecular flexibility index (Phi) is 5.87. The molecule has 2 aromatic carbocycles. The van der Waals surface area contributed by atoms with E-state index in [0.717, 1.165) is 5.69 Å². The van der Waals surface area contributed by atoms with Crippen LogP contribution < -0.4 is 10.2 Å². The molecule has 0 saturated heterocycles. The van der Waals surface area contributed by atoms with E-state index in [9.17, 15) is 9.67 Å². The van der Waals surface area contributed by atoms with Gasteiger partial charge < -0.3 is 14.5 Å². The third-order valence-corrected chi connectivity index (χ3v) is 6.72. The van der Waals surface area contributed by atoms with Gasteiger partial charge in [-0.15, -0.1) is 0 Å². The van der Waals surface area contributed by atoms with Crippen LogP contribution in [0.1, 0.15) is 36.7 Å². The monoisotopic (exact) mass is 347 g/mol. The van der Waals surface area contributed by atoms with E-state index in [-0.39, 0.29) is 0 Å². The Morgan fingerprint density at radius 2 is 1.46 bits per heavy atom. The maximum atomic E-state index is 13.3. The maximum Gasteiger partial charge on any atom is 0.263 e. The van der Waals surface area contributed by atoms with Crippen LogP contribution in [0.2, 0.25) is 0 Å². The first-order valence-corrected chi connectivity index (χ1v) is 9.70. The van der Waals surface area contributed by atoms with Crippen LogP contribution in [0.15, 0.2) is 48.5 Å². The second-order valence-electron chi connectivity index (χ2n) is 6.39. The van der Waals surface area contributed by atoms with Crippen LogP contribution in [0.5, 0.6) is 0 Å². The van der Waals surface area contributed by atoms with Crippen LogP contribution in [0, 0.1) is 0 Å². The molecule has 0 aliphatic rings. The molecule has 0 aliphatic heterocycles. The third kappa shape index (κ3) is 3.72. The van der Waals surface area contributed by atoms with Gasteiger partial charge in [-0.25, -0.2) is 0 Å². The highest BCUT2D eigenvalue weighted by molar-refractivity contribution is 7.67. The SMILES string of the molecule is CO[P@](=O)(c1ccc(N(C)C)cc1)[C@H](O)c1ccc(C(C)C)cc1. The molecular weight excluding hydrogens is 321 g/mol. The van der Waals surface area contributed by atoms with Crippen LogP contribution >= 0.6 is 7.37 Å². The zero-order chi connectivity index (χ0) is 17.9. The van der Waals surface area contributed by atoms with Gasteiger partial charge in [0.25, 0.3) is 7.37 Å². The highest BCUT2D eigenvalue weighted by Gasteiger charge is 2.35. The van der Waals surface area contributed by atoms with E-state index in [0.29, 0.717) is 16.8 Å². The molecule has 0 amide bonds. The highest BCUT2D eigenvalue weighted by Crippen LogP contribution is 2.57. The number of hydrogen-bond donors (Lipinski definition) is 1. The first kappa shape index (κ1) is 18.7. The molecule has 0 bridgehead atoms. The van der Waals surface area contributed by atoms with Gasteiger partial charge in [-0.1, -0.05) is 38.1 Å². The topological polar surface area (TPSA) is 49.8 Å². The summed E-state index contributed by atoms with van der Waals surface area (Å²) in [6.45, 7) is 4.22. The zero-order valence-corrected chi connectivity index (χ0v) is 15.8. The molecule has 0 unspecified atom stereocenters. The van der Waals surface area contributed by atoms with Crippen LogP contribution in [0.25, 0.3) is 0 Å². The molecule has 0 heterocycles. The number of hydrogen-bond acceptors (Lipinski definition) is 4. The minimum atomic E-state index is -3.42. The lowest BCUT2D eigenvalue weighted by Gasteiger charge is -2.23. The molecule has 130 valence electrons. The molecule has 2 aromatic rings. The Balaban J connectivity index is 2.35. The first-order chi connectivity index (χ1) is 11.3. The molecule has 5 heteroatoms. The average Bonchev–Trinajstić information content (AvgIpc) is 2.60. The fourth-order valence-corrected chi connectivity index (χ4v) is 4.38. The van der Waals surface area contributed by atoms with Crippen molar-refractivity contribution in [3.05, 3.63) is 59.7 Å². The molecule has 24 heavy (non-hydrogen) atoms. The van der Waals surface area contributed by atoms with Gasteiger partial charge in [0.2, 0.25) is 0 Å². The summed E-state index contributed by atoms with van der Waals surface area (Å²) in [4.78, 5) is 1.96. The van der Waals surface area contributed by atoms with Crippen molar-refractivity contribution in [3.8, 4) is 0 Å². The molecule has 0 spiro atoms. The summed E-state index contributed by atoms with van der Waals surface area (Å²) >= 11 is 0. The van der Waals surface area contributed by atoms with Crippen molar-refractivity contribution in [2.75, 3.05) is 26.1 Å². The maximum absolute atomic E-state index is 13.3. The largest absolute Gasteiger partial charge is 0.378 e. The van der Waals surface area contributed by atoms with E-state index >= 15 is 0 Å². The Morgan fingerprint density at radius 1 is 0.958 bits per heavy atom. The average molecular weight is 347 g/mol. The molecule has 4 nitrogen and oxygen atoms in total. The number of aliphatic hydroxyl groups excluding tert-OH is 1. The fourth-order valence-electron chi connectivity index (χ4n) is 2.55. The highest BCUT2D eigenvalue weighted by atomic mass is 31.2. The fraction of sp³-hybridized carbons (Fsp3) is 0.368. The van der Waals surface area contributed by atoms with Gasteiger partial charge in [0.1, 0.15) is 0 Å². The lowest BCUT2D eigenvalue weighted by atomic mass is 10.0. The van der Waals surface area contributed by atoms with E-state index in [2.05, 4.69) is 13.8 Å². The van der Waals surface area contributed by atoms with Crippen molar-refractivity contribution in [1.82, 2.24) is 0 Å². The zero-order valence-electron chi connectivity index (χ0n) is 14.9. The Labute approximate surface area is 144 Å². The quantitative estimate of drug-likeness (QED) is 0.799. The summed E-state index contributed by atoms with van der Waals surface area (Å²) in [5.41, 5.74) is 2.77. The third-order valence-electron chi connectivity index (χ3n) is 4.22. The van der Waals surface area contributed by atoms with Crippen molar-refractivity contribution >= 4 is 18.4 Å². The van der Waals surface area contributed by atoms with Crippen molar-refractivity contribution in [1.29, 1.82) is 0 Å². The summed E-state index contributed by atoms with van der Waals surface area (Å²) in [6, 6.07) is 14.8. The van der Waals surface area contributed by atoms with Gasteiger partial charge in [-0.05, 0) is 41.3 Å². The number of rotatable bonds is 6. The Bertz CT molecular complexity index is 708. The molecule has 0 radical (unpaired) electrons. The summed E-state index contributed by atoms with van der Waals surface area (Å²) in [6.07, 6.45) is 0. The van der Waals surface area contributed by atoms with Gasteiger partial charge in [0.15, 0.2) is 5.85 Å². The number of benzene rings is 2. The van der Waals surface area contributed by atoms with Gasteiger partial charge in [-0.3, -0.25) is 4.57 Å². The minimum absolute atomic E-state index is 0.406. The van der Waals surface area contributed by atoms with Crippen LogP contribution in [0.4, 0.5) is 5.69 Å². The van der Waals surface area contributed by atoms with E-state index in [1.54, 1.807) is 12.1 Å². The van der Waals surface area contributed by atoms with Gasteiger partial charge in [-0.2, -0.15) is 0 Å². The number of nitrogens with zero attached hydrogens (tertiary/aromatic N) is 1. The van der Waals surface area contributed by atoms with Crippen molar-refractivity contribution < 1.29 is 14.2 Å². The minimum Gasteiger partial charge on any atom is -0.378 e. The molecule has 0 fully saturated rings. The standard InChI is InChI=1S/C19H26NO3P/c1-14(2)15-6-8-16(9-7-15)19(21)24(22,23-5)18-12-10-17(11-13-18)20(3)4/h6-14,19,21H,1-5H3/t19-,24+/m0/s1. The second-order valence-corrected chi connectivity index (χ2v) is 8.95. The predicted octanol–water partition coefficient (Wildman–Crippen LogP) is 4.12. The van der Waals surface area contributed by atoms with E-state index < -0.39 is 13.2 Å². The van der Waals surface area contributed by atoms with Crippen molar-refractivity contribution in [2.24, 2.45) is 0 Å². The van der Waals surface area contributed by atoms with E-state index in [1.807, 2.05) is 55.4 Å². The first-order valence-electron chi connectivity index (χ1n) is 8.01. The van der Waals surface area contributed by atoms with E-state index in [4.69, 9.17) is 4.52 Å². The molecule has 1 N–H and O–H groups in total. The molecule has 0 saturated carbocycles. The summed E-state index contributed by atoms with van der Waals surface area (Å²) in [7, 11) is 1.84. The number of aliphatic hydroxyl groups is 1. The second kappa shape index (κ2) is 7.52. The summed E-state index contributed by atoms with van der Waals surface area (Å²) < 4.78 is 18.6. The van der Waals surface area contributed by atoms with Crippen molar-refractivity contribution in [2.45, 2.75) is 25.6 Å². The normalized spacial score (nSPS) is 15.1. The Hall–Kier alpha value is -1.61. The molecule has 0 aliphatic carbocycles. The van der Waals surface area contributed by atoms with Gasteiger partial charge >= 0.3 is 0 Å². The molecule has 0 aromatic heterocycles. The predicted molar refractivity (Wildman–Crippen MR) is 101 cm³/mol. The molecule has 2 rings (SSSR count). The lowest BCUT2D eigenvalue weighted by Crippen LogP contribution is -2.15. The smallest absolute Gasteiger partial charge is 0.263 e. The lowest BCUT2D eigenvalue weighted by molar-refractivity contribution is 0.229. The van der Waals surface area contributed by atoms with Crippen LogP contribution in [-0.2, 0) is 9.09 Å². The van der Waals surface area contributed by atoms with Crippen LogP contribution in [0.3, 0.4) is 0 Å². The summed E-state index contributed by atoms with van der Waals surface area (Å²) in [5, 5.41) is 11.2. The van der Waals surface area contributed by atoms with Gasteiger partial charge in [0.05, 0.1) is 0 Å². The summed E-state index contributed by atoms with van der Waals surface area (Å²) in [5.74, 6) is -0.780. The van der Waals surface area contributed by atoms with E-state index in [1.165, 1.54) is 12.7 Å².